The van der Waals surface area contributed by atoms with E-state index in [0.29, 0.717) is 17.9 Å². The molecule has 0 saturated heterocycles. The van der Waals surface area contributed by atoms with Crippen LogP contribution in [0.1, 0.15) is 69.7 Å². The van der Waals surface area contributed by atoms with Gasteiger partial charge in [0.1, 0.15) is 5.82 Å². The van der Waals surface area contributed by atoms with Gasteiger partial charge < -0.3 is 9.67 Å². The molecule has 21 heavy (non-hydrogen) atoms. The first-order valence-electron chi connectivity index (χ1n) is 7.96. The van der Waals surface area contributed by atoms with E-state index in [1.54, 1.807) is 0 Å². The van der Waals surface area contributed by atoms with Crippen molar-refractivity contribution in [2.24, 2.45) is 5.92 Å². The standard InChI is InChI=1S/C15H23N3O2S/c1-10(11-5-3-2-4-6-11)18-14(12-7-8-12)16-17-15(18)21-9-13(19)20/h10-12H,2-9H2,1H3,(H,19,20). The van der Waals surface area contributed by atoms with Crippen LogP contribution in [0.4, 0.5) is 0 Å². The van der Waals surface area contributed by atoms with Gasteiger partial charge in [-0.3, -0.25) is 4.79 Å². The lowest BCUT2D eigenvalue weighted by Crippen LogP contribution is -2.21. The molecule has 0 spiro atoms. The number of carboxylic acid groups (broad SMARTS) is 1. The maximum absolute atomic E-state index is 10.8. The van der Waals surface area contributed by atoms with Crippen molar-refractivity contribution in [3.63, 3.8) is 0 Å². The molecular weight excluding hydrogens is 286 g/mol. The predicted octanol–water partition coefficient (Wildman–Crippen LogP) is 3.47. The zero-order chi connectivity index (χ0) is 14.8. The molecule has 0 radical (unpaired) electrons. The second-order valence-electron chi connectivity index (χ2n) is 6.31. The van der Waals surface area contributed by atoms with E-state index in [1.165, 1.54) is 56.7 Å². The van der Waals surface area contributed by atoms with Gasteiger partial charge in [0.05, 0.1) is 5.75 Å². The fourth-order valence-corrected chi connectivity index (χ4v) is 4.09. The van der Waals surface area contributed by atoms with Crippen LogP contribution in [0.2, 0.25) is 0 Å². The minimum Gasteiger partial charge on any atom is -0.481 e. The van der Waals surface area contributed by atoms with Crippen LogP contribution in [-0.4, -0.2) is 31.6 Å². The van der Waals surface area contributed by atoms with Crippen molar-refractivity contribution in [3.05, 3.63) is 5.82 Å². The SMILES string of the molecule is CC(C1CCCCC1)n1c(SCC(=O)O)nnc1C1CC1. The van der Waals surface area contributed by atoms with Crippen molar-refractivity contribution in [1.29, 1.82) is 0 Å². The summed E-state index contributed by atoms with van der Waals surface area (Å²) >= 11 is 1.30. The third kappa shape index (κ3) is 3.42. The van der Waals surface area contributed by atoms with Crippen molar-refractivity contribution in [2.45, 2.75) is 69.0 Å². The lowest BCUT2D eigenvalue weighted by molar-refractivity contribution is -0.133. The number of hydrogen-bond acceptors (Lipinski definition) is 4. The Morgan fingerprint density at radius 3 is 2.62 bits per heavy atom. The van der Waals surface area contributed by atoms with Crippen molar-refractivity contribution >= 4 is 17.7 Å². The van der Waals surface area contributed by atoms with Gasteiger partial charge in [-0.15, -0.1) is 10.2 Å². The fraction of sp³-hybridized carbons (Fsp3) is 0.800. The first kappa shape index (κ1) is 14.9. The summed E-state index contributed by atoms with van der Waals surface area (Å²) in [5.41, 5.74) is 0. The fourth-order valence-electron chi connectivity index (χ4n) is 3.34. The average Bonchev–Trinajstić information content (AvgIpc) is 3.25. The summed E-state index contributed by atoms with van der Waals surface area (Å²) in [5.74, 6) is 1.56. The maximum Gasteiger partial charge on any atom is 0.313 e. The normalized spacial score (nSPS) is 21.4. The molecule has 1 aromatic heterocycles. The highest BCUT2D eigenvalue weighted by Gasteiger charge is 2.34. The number of nitrogens with zero attached hydrogens (tertiary/aromatic N) is 3. The highest BCUT2D eigenvalue weighted by molar-refractivity contribution is 7.99. The van der Waals surface area contributed by atoms with Crippen molar-refractivity contribution in [1.82, 2.24) is 14.8 Å². The van der Waals surface area contributed by atoms with Gasteiger partial charge >= 0.3 is 5.97 Å². The molecule has 2 aliphatic carbocycles. The maximum atomic E-state index is 10.8. The lowest BCUT2D eigenvalue weighted by atomic mass is 9.84. The number of aliphatic carboxylic acids is 1. The predicted molar refractivity (Wildman–Crippen MR) is 81.6 cm³/mol. The molecule has 0 aromatic carbocycles. The Labute approximate surface area is 129 Å². The van der Waals surface area contributed by atoms with Gasteiger partial charge in [0.2, 0.25) is 0 Å². The smallest absolute Gasteiger partial charge is 0.313 e. The molecule has 1 atom stereocenters. The van der Waals surface area contributed by atoms with E-state index in [1.807, 2.05) is 0 Å². The average molecular weight is 309 g/mol. The number of carbonyl (C=O) groups is 1. The second kappa shape index (κ2) is 6.38. The van der Waals surface area contributed by atoms with Crippen LogP contribution in [0.5, 0.6) is 0 Å². The van der Waals surface area contributed by atoms with Crippen LogP contribution in [0, 0.1) is 5.92 Å². The summed E-state index contributed by atoms with van der Waals surface area (Å²) in [6, 6.07) is 0.382. The van der Waals surface area contributed by atoms with Crippen LogP contribution in [0.15, 0.2) is 5.16 Å². The zero-order valence-corrected chi connectivity index (χ0v) is 13.3. The molecule has 5 nitrogen and oxygen atoms in total. The van der Waals surface area contributed by atoms with E-state index in [-0.39, 0.29) is 5.75 Å². The van der Waals surface area contributed by atoms with Crippen LogP contribution < -0.4 is 0 Å². The van der Waals surface area contributed by atoms with E-state index in [2.05, 4.69) is 21.7 Å². The Kier molecular flexibility index (Phi) is 4.52. The van der Waals surface area contributed by atoms with Crippen LogP contribution in [0.3, 0.4) is 0 Å². The number of aromatic nitrogens is 3. The summed E-state index contributed by atoms with van der Waals surface area (Å²) in [6.07, 6.45) is 8.90. The lowest BCUT2D eigenvalue weighted by Gasteiger charge is -2.30. The van der Waals surface area contributed by atoms with E-state index in [4.69, 9.17) is 5.11 Å². The molecule has 1 aromatic rings. The molecule has 2 saturated carbocycles. The Morgan fingerprint density at radius 2 is 2.00 bits per heavy atom. The van der Waals surface area contributed by atoms with E-state index < -0.39 is 5.97 Å². The number of rotatable bonds is 6. The Hall–Kier alpha value is -1.04. The van der Waals surface area contributed by atoms with Crippen LogP contribution in [-0.2, 0) is 4.79 Å². The highest BCUT2D eigenvalue weighted by atomic mass is 32.2. The van der Waals surface area contributed by atoms with Crippen molar-refractivity contribution in [2.75, 3.05) is 5.75 Å². The first-order chi connectivity index (χ1) is 10.2. The van der Waals surface area contributed by atoms with Crippen molar-refractivity contribution < 1.29 is 9.90 Å². The Morgan fingerprint density at radius 1 is 1.29 bits per heavy atom. The molecule has 116 valence electrons. The van der Waals surface area contributed by atoms with Crippen LogP contribution >= 0.6 is 11.8 Å². The molecule has 1 unspecified atom stereocenters. The van der Waals surface area contributed by atoms with Crippen molar-refractivity contribution in [3.8, 4) is 0 Å². The Balaban J connectivity index is 1.82. The first-order valence-corrected chi connectivity index (χ1v) is 8.94. The molecule has 0 bridgehead atoms. The molecule has 0 amide bonds. The molecular formula is C15H23N3O2S. The van der Waals surface area contributed by atoms with Gasteiger partial charge in [0, 0.05) is 12.0 Å². The van der Waals surface area contributed by atoms with E-state index in [9.17, 15) is 4.79 Å². The minimum atomic E-state index is -0.798. The second-order valence-corrected chi connectivity index (χ2v) is 7.25. The molecule has 1 heterocycles. The summed E-state index contributed by atoms with van der Waals surface area (Å²) in [5, 5.41) is 18.3. The van der Waals surface area contributed by atoms with Crippen LogP contribution in [0.25, 0.3) is 0 Å². The van der Waals surface area contributed by atoms with E-state index in [0.717, 1.165) is 11.0 Å². The van der Waals surface area contributed by atoms with Gasteiger partial charge in [-0.05, 0) is 38.5 Å². The number of hydrogen-bond donors (Lipinski definition) is 1. The topological polar surface area (TPSA) is 68.0 Å². The highest BCUT2D eigenvalue weighted by Crippen LogP contribution is 2.43. The third-order valence-electron chi connectivity index (χ3n) is 4.70. The molecule has 6 heteroatoms. The monoisotopic (exact) mass is 309 g/mol. The third-order valence-corrected chi connectivity index (χ3v) is 5.63. The number of thioether (sulfide) groups is 1. The van der Waals surface area contributed by atoms with Gasteiger partial charge in [-0.1, -0.05) is 31.0 Å². The quantitative estimate of drug-likeness (QED) is 0.815. The van der Waals surface area contributed by atoms with Gasteiger partial charge in [-0.25, -0.2) is 0 Å². The molecule has 2 fully saturated rings. The number of carboxylic acids is 1. The molecule has 0 aliphatic heterocycles. The van der Waals surface area contributed by atoms with E-state index >= 15 is 0 Å². The largest absolute Gasteiger partial charge is 0.481 e. The summed E-state index contributed by atoms with van der Waals surface area (Å²) < 4.78 is 2.25. The van der Waals surface area contributed by atoms with Gasteiger partial charge in [0.15, 0.2) is 5.16 Å². The van der Waals surface area contributed by atoms with Gasteiger partial charge in [-0.2, -0.15) is 0 Å². The van der Waals surface area contributed by atoms with Gasteiger partial charge in [0.25, 0.3) is 0 Å². The Bertz CT molecular complexity index is 507. The minimum absolute atomic E-state index is 0.0557. The summed E-state index contributed by atoms with van der Waals surface area (Å²) in [7, 11) is 0. The molecule has 1 N–H and O–H groups in total. The molecule has 2 aliphatic rings. The summed E-state index contributed by atoms with van der Waals surface area (Å²) in [4.78, 5) is 10.8. The molecule has 3 rings (SSSR count). The zero-order valence-electron chi connectivity index (χ0n) is 12.5. The summed E-state index contributed by atoms with van der Waals surface area (Å²) in [6.45, 7) is 2.26.